The minimum Gasteiger partial charge on any atom is -0.303 e. The SMILES string of the molecule is CCCC(CS)CN1CCC(CCC)C1. The molecule has 1 saturated heterocycles. The lowest BCUT2D eigenvalue weighted by Gasteiger charge is -2.22. The molecule has 0 aliphatic carbocycles. The molecule has 1 nitrogen and oxygen atoms in total. The molecule has 2 heteroatoms. The Morgan fingerprint density at radius 2 is 2.13 bits per heavy atom. The van der Waals surface area contributed by atoms with Gasteiger partial charge in [-0.05, 0) is 43.4 Å². The summed E-state index contributed by atoms with van der Waals surface area (Å²) in [5.41, 5.74) is 0. The summed E-state index contributed by atoms with van der Waals surface area (Å²) in [6.07, 6.45) is 6.86. The first-order valence-corrected chi connectivity index (χ1v) is 7.26. The van der Waals surface area contributed by atoms with Crippen molar-refractivity contribution < 1.29 is 0 Å². The summed E-state index contributed by atoms with van der Waals surface area (Å²) in [6, 6.07) is 0. The summed E-state index contributed by atoms with van der Waals surface area (Å²) in [7, 11) is 0. The standard InChI is InChI=1S/C13H27NS/c1-3-5-12-7-8-14(9-12)10-13(11-15)6-4-2/h12-13,15H,3-11H2,1-2H3. The van der Waals surface area contributed by atoms with Gasteiger partial charge in [0.25, 0.3) is 0 Å². The van der Waals surface area contributed by atoms with E-state index in [1.54, 1.807) is 0 Å². The number of hydrogen-bond acceptors (Lipinski definition) is 2. The highest BCUT2D eigenvalue weighted by molar-refractivity contribution is 7.80. The maximum Gasteiger partial charge on any atom is 0.00176 e. The minimum atomic E-state index is 0.818. The van der Waals surface area contributed by atoms with Crippen molar-refractivity contribution in [3.63, 3.8) is 0 Å². The Kier molecular flexibility index (Phi) is 6.74. The Morgan fingerprint density at radius 1 is 1.33 bits per heavy atom. The number of nitrogens with zero attached hydrogens (tertiary/aromatic N) is 1. The highest BCUT2D eigenvalue weighted by Crippen LogP contribution is 2.22. The quantitative estimate of drug-likeness (QED) is 0.654. The van der Waals surface area contributed by atoms with Crippen LogP contribution in [0.15, 0.2) is 0 Å². The number of hydrogen-bond donors (Lipinski definition) is 1. The van der Waals surface area contributed by atoms with Crippen LogP contribution in [0.5, 0.6) is 0 Å². The third kappa shape index (κ3) is 4.78. The molecule has 0 aromatic rings. The monoisotopic (exact) mass is 229 g/mol. The average molecular weight is 229 g/mol. The van der Waals surface area contributed by atoms with Gasteiger partial charge in [0.1, 0.15) is 0 Å². The zero-order valence-corrected chi connectivity index (χ0v) is 11.3. The second kappa shape index (κ2) is 7.56. The second-order valence-electron chi connectivity index (χ2n) is 5.04. The van der Waals surface area contributed by atoms with E-state index >= 15 is 0 Å². The van der Waals surface area contributed by atoms with Gasteiger partial charge in [-0.15, -0.1) is 0 Å². The van der Waals surface area contributed by atoms with Gasteiger partial charge < -0.3 is 4.90 Å². The molecule has 1 heterocycles. The van der Waals surface area contributed by atoms with Crippen LogP contribution in [0.3, 0.4) is 0 Å². The molecule has 0 spiro atoms. The van der Waals surface area contributed by atoms with Crippen molar-refractivity contribution in [1.29, 1.82) is 0 Å². The molecule has 0 radical (unpaired) electrons. The Balaban J connectivity index is 2.21. The first kappa shape index (κ1) is 13.4. The summed E-state index contributed by atoms with van der Waals surface area (Å²) in [4.78, 5) is 2.66. The van der Waals surface area contributed by atoms with Gasteiger partial charge in [-0.3, -0.25) is 0 Å². The summed E-state index contributed by atoms with van der Waals surface area (Å²) in [5.74, 6) is 2.86. The van der Waals surface area contributed by atoms with E-state index in [2.05, 4.69) is 31.4 Å². The molecule has 1 rings (SSSR count). The van der Waals surface area contributed by atoms with E-state index < -0.39 is 0 Å². The number of likely N-dealkylation sites (tertiary alicyclic amines) is 1. The largest absolute Gasteiger partial charge is 0.303 e. The Bertz CT molecular complexity index is 161. The van der Waals surface area contributed by atoms with Gasteiger partial charge in [-0.2, -0.15) is 12.6 Å². The molecule has 0 bridgehead atoms. The van der Waals surface area contributed by atoms with Crippen LogP contribution < -0.4 is 0 Å². The normalized spacial score (nSPS) is 24.6. The zero-order valence-electron chi connectivity index (χ0n) is 10.4. The molecular weight excluding hydrogens is 202 g/mol. The minimum absolute atomic E-state index is 0.818. The van der Waals surface area contributed by atoms with Gasteiger partial charge >= 0.3 is 0 Å². The fourth-order valence-electron chi connectivity index (χ4n) is 2.74. The summed E-state index contributed by atoms with van der Waals surface area (Å²) in [5, 5.41) is 0. The van der Waals surface area contributed by atoms with Gasteiger partial charge in [-0.1, -0.05) is 26.7 Å². The van der Waals surface area contributed by atoms with Crippen LogP contribution in [0, 0.1) is 11.8 Å². The van der Waals surface area contributed by atoms with Crippen molar-refractivity contribution in [2.45, 2.75) is 46.0 Å². The predicted octanol–water partition coefficient (Wildman–Crippen LogP) is 3.45. The highest BCUT2D eigenvalue weighted by Gasteiger charge is 2.23. The van der Waals surface area contributed by atoms with Crippen molar-refractivity contribution in [1.82, 2.24) is 4.90 Å². The van der Waals surface area contributed by atoms with E-state index in [1.165, 1.54) is 51.7 Å². The fraction of sp³-hybridized carbons (Fsp3) is 1.00. The van der Waals surface area contributed by atoms with Crippen molar-refractivity contribution in [3.8, 4) is 0 Å². The average Bonchev–Trinajstić information content (AvgIpc) is 2.66. The molecule has 0 saturated carbocycles. The number of rotatable bonds is 7. The van der Waals surface area contributed by atoms with E-state index in [-0.39, 0.29) is 0 Å². The molecule has 0 aromatic carbocycles. The molecule has 2 unspecified atom stereocenters. The van der Waals surface area contributed by atoms with E-state index in [1.807, 2.05) is 0 Å². The molecular formula is C13H27NS. The Hall–Kier alpha value is 0.310. The van der Waals surface area contributed by atoms with Crippen LogP contribution in [0.4, 0.5) is 0 Å². The van der Waals surface area contributed by atoms with E-state index in [0.717, 1.165) is 17.6 Å². The van der Waals surface area contributed by atoms with Crippen LogP contribution in [0.1, 0.15) is 46.0 Å². The van der Waals surface area contributed by atoms with Gasteiger partial charge in [0.15, 0.2) is 0 Å². The van der Waals surface area contributed by atoms with E-state index in [0.29, 0.717) is 0 Å². The van der Waals surface area contributed by atoms with E-state index in [4.69, 9.17) is 0 Å². The van der Waals surface area contributed by atoms with Crippen LogP contribution in [-0.2, 0) is 0 Å². The smallest absolute Gasteiger partial charge is 0.00176 e. The first-order chi connectivity index (χ1) is 7.30. The van der Waals surface area contributed by atoms with Gasteiger partial charge in [0.2, 0.25) is 0 Å². The van der Waals surface area contributed by atoms with Crippen molar-refractivity contribution in [3.05, 3.63) is 0 Å². The fourth-order valence-corrected chi connectivity index (χ4v) is 3.03. The Labute approximate surface area is 101 Å². The highest BCUT2D eigenvalue weighted by atomic mass is 32.1. The first-order valence-electron chi connectivity index (χ1n) is 6.63. The molecule has 0 amide bonds. The van der Waals surface area contributed by atoms with Crippen molar-refractivity contribution >= 4 is 12.6 Å². The lowest BCUT2D eigenvalue weighted by Crippen LogP contribution is -2.28. The molecule has 90 valence electrons. The molecule has 0 N–H and O–H groups in total. The summed E-state index contributed by atoms with van der Waals surface area (Å²) < 4.78 is 0. The Morgan fingerprint density at radius 3 is 2.73 bits per heavy atom. The lowest BCUT2D eigenvalue weighted by atomic mass is 10.0. The van der Waals surface area contributed by atoms with Crippen LogP contribution in [0.25, 0.3) is 0 Å². The third-order valence-corrected chi connectivity index (χ3v) is 4.05. The number of thiol groups is 1. The van der Waals surface area contributed by atoms with Crippen molar-refractivity contribution in [2.75, 3.05) is 25.4 Å². The van der Waals surface area contributed by atoms with Crippen LogP contribution >= 0.6 is 12.6 Å². The van der Waals surface area contributed by atoms with Gasteiger partial charge in [0.05, 0.1) is 0 Å². The molecule has 15 heavy (non-hydrogen) atoms. The van der Waals surface area contributed by atoms with Gasteiger partial charge in [0, 0.05) is 13.1 Å². The zero-order chi connectivity index (χ0) is 11.1. The molecule has 1 fully saturated rings. The predicted molar refractivity (Wildman–Crippen MR) is 71.7 cm³/mol. The van der Waals surface area contributed by atoms with Crippen LogP contribution in [-0.4, -0.2) is 30.3 Å². The van der Waals surface area contributed by atoms with E-state index in [9.17, 15) is 0 Å². The molecule has 0 aromatic heterocycles. The third-order valence-electron chi connectivity index (χ3n) is 3.54. The maximum absolute atomic E-state index is 4.46. The molecule has 2 atom stereocenters. The second-order valence-corrected chi connectivity index (χ2v) is 5.41. The summed E-state index contributed by atoms with van der Waals surface area (Å²) >= 11 is 4.46. The summed E-state index contributed by atoms with van der Waals surface area (Å²) in [6.45, 7) is 8.55. The van der Waals surface area contributed by atoms with Crippen molar-refractivity contribution in [2.24, 2.45) is 11.8 Å². The lowest BCUT2D eigenvalue weighted by molar-refractivity contribution is 0.270. The maximum atomic E-state index is 4.46. The molecule has 1 aliphatic rings. The molecule has 1 aliphatic heterocycles. The van der Waals surface area contributed by atoms with Gasteiger partial charge in [-0.25, -0.2) is 0 Å². The van der Waals surface area contributed by atoms with Crippen LogP contribution in [0.2, 0.25) is 0 Å². The topological polar surface area (TPSA) is 3.24 Å².